The van der Waals surface area contributed by atoms with E-state index in [1.165, 1.54) is 12.8 Å². The maximum Gasteiger partial charge on any atom is 0.253 e. The second-order valence-corrected chi connectivity index (χ2v) is 9.04. The Hall–Kier alpha value is -2.61. The van der Waals surface area contributed by atoms with Crippen molar-refractivity contribution in [2.24, 2.45) is 0 Å². The summed E-state index contributed by atoms with van der Waals surface area (Å²) in [4.78, 5) is 20.3. The third kappa shape index (κ3) is 6.25. The number of nitrogens with zero attached hydrogens (tertiary/aromatic N) is 2. The normalized spacial score (nSPS) is 13.9. The predicted octanol–water partition coefficient (Wildman–Crippen LogP) is 4.88. The van der Waals surface area contributed by atoms with Crippen molar-refractivity contribution >= 4 is 45.5 Å². The zero-order valence-corrected chi connectivity index (χ0v) is 20.3. The molecule has 2 aromatic carbocycles. The number of halogens is 1. The van der Waals surface area contributed by atoms with Crippen LogP contribution in [0.5, 0.6) is 5.75 Å². The fourth-order valence-electron chi connectivity index (χ4n) is 4.10. The van der Waals surface area contributed by atoms with Crippen molar-refractivity contribution in [3.63, 3.8) is 0 Å². The first-order chi connectivity index (χ1) is 16.0. The lowest BCUT2D eigenvalue weighted by molar-refractivity contribution is 0.289. The highest BCUT2D eigenvalue weighted by molar-refractivity contribution is 7.80. The number of aromatic nitrogens is 1. The topological polar surface area (TPSA) is 60.6 Å². The number of ether oxygens (including phenoxy) is 1. The molecule has 1 saturated heterocycles. The van der Waals surface area contributed by atoms with Gasteiger partial charge in [0.1, 0.15) is 5.75 Å². The van der Waals surface area contributed by atoms with E-state index >= 15 is 0 Å². The number of thiocarbonyl (C=S) groups is 1. The number of hydrogen-bond acceptors (Lipinski definition) is 4. The highest BCUT2D eigenvalue weighted by Gasteiger charge is 2.17. The van der Waals surface area contributed by atoms with Gasteiger partial charge in [0, 0.05) is 40.3 Å². The first-order valence-electron chi connectivity index (χ1n) is 11.3. The molecule has 4 rings (SSSR count). The molecule has 1 aliphatic rings. The van der Waals surface area contributed by atoms with Crippen LogP contribution in [0.1, 0.15) is 25.3 Å². The van der Waals surface area contributed by atoms with Gasteiger partial charge in [-0.25, -0.2) is 0 Å². The summed E-state index contributed by atoms with van der Waals surface area (Å²) in [5.74, 6) is 0.784. The van der Waals surface area contributed by atoms with E-state index in [2.05, 4.69) is 20.1 Å². The number of likely N-dealkylation sites (tertiary alicyclic amines) is 1. The number of benzene rings is 2. The molecule has 174 valence electrons. The largest absolute Gasteiger partial charge is 0.494 e. The molecule has 33 heavy (non-hydrogen) atoms. The van der Waals surface area contributed by atoms with Gasteiger partial charge >= 0.3 is 0 Å². The average molecular weight is 485 g/mol. The van der Waals surface area contributed by atoms with Crippen LogP contribution in [-0.2, 0) is 6.54 Å². The maximum atomic E-state index is 12.9. The number of nitrogens with one attached hydrogen (secondary N) is 2. The monoisotopic (exact) mass is 484 g/mol. The Labute approximate surface area is 204 Å². The third-order valence-corrected chi connectivity index (χ3v) is 6.41. The molecular weight excluding hydrogens is 456 g/mol. The van der Waals surface area contributed by atoms with Crippen LogP contribution < -0.4 is 15.6 Å². The summed E-state index contributed by atoms with van der Waals surface area (Å²) >= 11 is 11.9. The molecule has 0 saturated carbocycles. The number of aromatic amines is 1. The molecule has 0 amide bonds. The van der Waals surface area contributed by atoms with Gasteiger partial charge in [-0.2, -0.15) is 0 Å². The number of fused-ring (bicyclic) bond motifs is 1. The predicted molar refractivity (Wildman–Crippen MR) is 139 cm³/mol. The minimum atomic E-state index is -0.108. The standard InChI is InChI=1S/C25H29ClN4O2S/c1-2-32-22-8-9-23-18(15-22)14-19(24(31)28-23)17-30(13-12-29-10-3-4-11-29)25(33)27-21-7-5-6-20(26)16-21/h5-9,14-16H,2-4,10-13,17H2,1H3,(H,27,33)(H,28,31). The number of rotatable bonds is 8. The van der Waals surface area contributed by atoms with Crippen LogP contribution in [-0.4, -0.2) is 52.7 Å². The molecule has 0 radical (unpaired) electrons. The Kier molecular flexibility index (Phi) is 7.85. The number of H-pyrrole nitrogens is 1. The van der Waals surface area contributed by atoms with E-state index in [1.54, 1.807) is 0 Å². The lowest BCUT2D eigenvalue weighted by atomic mass is 10.1. The molecule has 0 bridgehead atoms. The molecule has 0 spiro atoms. The Morgan fingerprint density at radius 3 is 2.79 bits per heavy atom. The summed E-state index contributed by atoms with van der Waals surface area (Å²) in [6.45, 7) is 6.80. The fourth-order valence-corrected chi connectivity index (χ4v) is 4.56. The van der Waals surface area contributed by atoms with E-state index in [0.29, 0.717) is 28.9 Å². The van der Waals surface area contributed by atoms with Gasteiger partial charge in [0.15, 0.2) is 5.11 Å². The van der Waals surface area contributed by atoms with E-state index in [-0.39, 0.29) is 5.56 Å². The minimum Gasteiger partial charge on any atom is -0.494 e. The van der Waals surface area contributed by atoms with Crippen molar-refractivity contribution in [1.82, 2.24) is 14.8 Å². The van der Waals surface area contributed by atoms with Gasteiger partial charge in [-0.05, 0) is 87.5 Å². The van der Waals surface area contributed by atoms with Crippen LogP contribution in [0.4, 0.5) is 5.69 Å². The van der Waals surface area contributed by atoms with Crippen molar-refractivity contribution < 1.29 is 4.74 Å². The fraction of sp³-hybridized carbons (Fsp3) is 0.360. The lowest BCUT2D eigenvalue weighted by Crippen LogP contribution is -2.40. The quantitative estimate of drug-likeness (QED) is 0.444. The zero-order chi connectivity index (χ0) is 23.2. The summed E-state index contributed by atoms with van der Waals surface area (Å²) < 4.78 is 5.63. The third-order valence-electron chi connectivity index (χ3n) is 5.81. The van der Waals surface area contributed by atoms with E-state index in [4.69, 9.17) is 28.6 Å². The lowest BCUT2D eigenvalue weighted by Gasteiger charge is -2.28. The molecule has 0 aliphatic carbocycles. The van der Waals surface area contributed by atoms with Gasteiger partial charge in [0.2, 0.25) is 0 Å². The van der Waals surface area contributed by atoms with Gasteiger partial charge in [0.25, 0.3) is 5.56 Å². The Bertz CT molecular complexity index is 1180. The van der Waals surface area contributed by atoms with Crippen LogP contribution in [0.3, 0.4) is 0 Å². The second kappa shape index (κ2) is 11.0. The minimum absolute atomic E-state index is 0.108. The highest BCUT2D eigenvalue weighted by Crippen LogP contribution is 2.20. The van der Waals surface area contributed by atoms with Gasteiger partial charge in [-0.3, -0.25) is 4.79 Å². The molecule has 0 atom stereocenters. The first kappa shape index (κ1) is 23.5. The van der Waals surface area contributed by atoms with Gasteiger partial charge in [-0.1, -0.05) is 17.7 Å². The molecule has 8 heteroatoms. The molecule has 1 fully saturated rings. The molecule has 2 heterocycles. The van der Waals surface area contributed by atoms with Crippen molar-refractivity contribution in [2.75, 3.05) is 38.1 Å². The summed E-state index contributed by atoms with van der Waals surface area (Å²) in [6.07, 6.45) is 2.47. The second-order valence-electron chi connectivity index (χ2n) is 8.22. The molecule has 0 unspecified atom stereocenters. The van der Waals surface area contributed by atoms with Crippen molar-refractivity contribution in [3.8, 4) is 5.75 Å². The van der Waals surface area contributed by atoms with E-state index < -0.39 is 0 Å². The molecule has 1 aromatic heterocycles. The van der Waals surface area contributed by atoms with Gasteiger partial charge in [0.05, 0.1) is 13.2 Å². The van der Waals surface area contributed by atoms with Gasteiger partial charge in [-0.15, -0.1) is 0 Å². The molecule has 2 N–H and O–H groups in total. The van der Waals surface area contributed by atoms with E-state index in [1.807, 2.05) is 55.5 Å². The zero-order valence-electron chi connectivity index (χ0n) is 18.8. The Balaban J connectivity index is 1.57. The molecule has 1 aliphatic heterocycles. The maximum absolute atomic E-state index is 12.9. The van der Waals surface area contributed by atoms with Crippen molar-refractivity contribution in [1.29, 1.82) is 0 Å². The Morgan fingerprint density at radius 1 is 1.21 bits per heavy atom. The summed E-state index contributed by atoms with van der Waals surface area (Å²) in [6, 6.07) is 15.1. The highest BCUT2D eigenvalue weighted by atomic mass is 35.5. The molecule has 3 aromatic rings. The van der Waals surface area contributed by atoms with Crippen LogP contribution in [0.15, 0.2) is 53.3 Å². The summed E-state index contributed by atoms with van der Waals surface area (Å²) in [5, 5.41) is 5.43. The molecule has 6 nitrogen and oxygen atoms in total. The Morgan fingerprint density at radius 2 is 2.03 bits per heavy atom. The average Bonchev–Trinajstić information content (AvgIpc) is 3.31. The van der Waals surface area contributed by atoms with E-state index in [0.717, 1.165) is 48.5 Å². The summed E-state index contributed by atoms with van der Waals surface area (Å²) in [7, 11) is 0. The van der Waals surface area contributed by atoms with E-state index in [9.17, 15) is 4.79 Å². The number of hydrogen-bond donors (Lipinski definition) is 2. The van der Waals surface area contributed by atoms with Crippen LogP contribution in [0, 0.1) is 0 Å². The van der Waals surface area contributed by atoms with Crippen LogP contribution >= 0.6 is 23.8 Å². The molecular formula is C25H29ClN4O2S. The SMILES string of the molecule is CCOc1ccc2[nH]c(=O)c(CN(CCN3CCCC3)C(=S)Nc3cccc(Cl)c3)cc2c1. The van der Waals surface area contributed by atoms with Gasteiger partial charge < -0.3 is 24.8 Å². The van der Waals surface area contributed by atoms with Crippen LogP contribution in [0.25, 0.3) is 10.9 Å². The summed E-state index contributed by atoms with van der Waals surface area (Å²) in [5.41, 5.74) is 2.17. The van der Waals surface area contributed by atoms with Crippen LogP contribution in [0.2, 0.25) is 5.02 Å². The van der Waals surface area contributed by atoms with Crippen molar-refractivity contribution in [3.05, 3.63) is 69.5 Å². The number of anilines is 1. The smallest absolute Gasteiger partial charge is 0.253 e. The van der Waals surface area contributed by atoms with Crippen molar-refractivity contribution in [2.45, 2.75) is 26.3 Å². The number of pyridine rings is 1. The first-order valence-corrected chi connectivity index (χ1v) is 12.1.